The fourth-order valence-electron chi connectivity index (χ4n) is 2.37. The molecule has 2 heterocycles. The van der Waals surface area contributed by atoms with Crippen LogP contribution in [0.25, 0.3) is 0 Å². The lowest BCUT2D eigenvalue weighted by Gasteiger charge is -2.15. The number of aliphatic imine (C=N–C) groups is 1. The van der Waals surface area contributed by atoms with Gasteiger partial charge >= 0.3 is 0 Å². The van der Waals surface area contributed by atoms with Gasteiger partial charge in [-0.15, -0.1) is 0 Å². The summed E-state index contributed by atoms with van der Waals surface area (Å²) in [6.45, 7) is 8.86. The fourth-order valence-corrected chi connectivity index (χ4v) is 3.16. The number of aryl methyl sites for hydroxylation is 1. The van der Waals surface area contributed by atoms with Crippen LogP contribution in [-0.4, -0.2) is 41.5 Å². The second-order valence-electron chi connectivity index (χ2n) is 5.08. The Kier molecular flexibility index (Phi) is 5.87. The van der Waals surface area contributed by atoms with Gasteiger partial charge in [-0.25, -0.2) is 0 Å². The summed E-state index contributed by atoms with van der Waals surface area (Å²) in [6, 6.07) is 2.21. The van der Waals surface area contributed by atoms with E-state index in [4.69, 9.17) is 4.74 Å². The van der Waals surface area contributed by atoms with Crippen LogP contribution in [0.2, 0.25) is 0 Å². The van der Waals surface area contributed by atoms with E-state index in [2.05, 4.69) is 46.9 Å². The monoisotopic (exact) mass is 308 g/mol. The zero-order valence-corrected chi connectivity index (χ0v) is 14.1. The number of hydrazone groups is 1. The molecule has 0 fully saturated rings. The minimum Gasteiger partial charge on any atom is -0.383 e. The lowest BCUT2D eigenvalue weighted by atomic mass is 10.1. The first-order chi connectivity index (χ1) is 10.2. The van der Waals surface area contributed by atoms with Gasteiger partial charge in [0.1, 0.15) is 0 Å². The standard InChI is InChI=1S/C15H24N4OS/c1-5-6-16-15-18-17-14(10-21-15)13-9-11(2)19(12(13)3)7-8-20-4/h9H,5-8,10H2,1-4H3,(H,16,18). The average molecular weight is 308 g/mol. The number of nitrogens with one attached hydrogen (secondary N) is 1. The normalized spacial score (nSPS) is 17.0. The molecule has 1 aromatic rings. The smallest absolute Gasteiger partial charge is 0.177 e. The molecular formula is C15H24N4OS. The molecule has 0 unspecified atom stereocenters. The summed E-state index contributed by atoms with van der Waals surface area (Å²) in [5.41, 5.74) is 7.88. The first kappa shape index (κ1) is 16.1. The molecule has 0 saturated heterocycles. The van der Waals surface area contributed by atoms with Crippen molar-refractivity contribution < 1.29 is 4.74 Å². The topological polar surface area (TPSA) is 50.9 Å². The van der Waals surface area contributed by atoms with Crippen LogP contribution in [-0.2, 0) is 11.3 Å². The Labute approximate surface area is 130 Å². The Morgan fingerprint density at radius 1 is 1.48 bits per heavy atom. The molecule has 6 heteroatoms. The quantitative estimate of drug-likeness (QED) is 0.878. The first-order valence-electron chi connectivity index (χ1n) is 7.33. The highest BCUT2D eigenvalue weighted by Gasteiger charge is 2.18. The predicted molar refractivity (Wildman–Crippen MR) is 90.5 cm³/mol. The third-order valence-electron chi connectivity index (χ3n) is 3.51. The van der Waals surface area contributed by atoms with Gasteiger partial charge in [-0.05, 0) is 26.3 Å². The zero-order valence-electron chi connectivity index (χ0n) is 13.3. The minimum atomic E-state index is 0.725. The van der Waals surface area contributed by atoms with Crippen LogP contribution in [0, 0.1) is 13.8 Å². The molecule has 0 aliphatic carbocycles. The van der Waals surface area contributed by atoms with Crippen molar-refractivity contribution >= 4 is 22.6 Å². The number of aromatic nitrogens is 1. The van der Waals surface area contributed by atoms with Crippen LogP contribution in [0.15, 0.2) is 16.2 Å². The summed E-state index contributed by atoms with van der Waals surface area (Å²) in [5.74, 6) is 0.865. The number of methoxy groups -OCH3 is 1. The van der Waals surface area contributed by atoms with Crippen molar-refractivity contribution in [3.05, 3.63) is 23.0 Å². The van der Waals surface area contributed by atoms with Crippen LogP contribution in [0.4, 0.5) is 0 Å². The van der Waals surface area contributed by atoms with Crippen molar-refractivity contribution in [3.8, 4) is 0 Å². The molecule has 0 spiro atoms. The third kappa shape index (κ3) is 3.89. The number of amidine groups is 1. The van der Waals surface area contributed by atoms with E-state index in [1.807, 2.05) is 0 Å². The van der Waals surface area contributed by atoms with E-state index < -0.39 is 0 Å². The predicted octanol–water partition coefficient (Wildman–Crippen LogP) is 2.56. The number of rotatable bonds is 6. The van der Waals surface area contributed by atoms with Gasteiger partial charge in [0.05, 0.1) is 12.3 Å². The van der Waals surface area contributed by atoms with Gasteiger partial charge in [0, 0.05) is 42.9 Å². The molecule has 21 heavy (non-hydrogen) atoms. The van der Waals surface area contributed by atoms with Gasteiger partial charge in [0.25, 0.3) is 0 Å². The Morgan fingerprint density at radius 3 is 2.90 bits per heavy atom. The summed E-state index contributed by atoms with van der Waals surface area (Å²) in [5, 5.41) is 5.42. The molecule has 5 nitrogen and oxygen atoms in total. The van der Waals surface area contributed by atoms with Gasteiger partial charge in [0.15, 0.2) is 5.17 Å². The SMILES string of the molecule is CCCN=C1NN=C(c2cc(C)n(CCOC)c2C)CS1. The maximum Gasteiger partial charge on any atom is 0.177 e. The van der Waals surface area contributed by atoms with Crippen molar-refractivity contribution in [1.29, 1.82) is 0 Å². The molecular weight excluding hydrogens is 284 g/mol. The van der Waals surface area contributed by atoms with Gasteiger partial charge in [-0.1, -0.05) is 18.7 Å². The van der Waals surface area contributed by atoms with E-state index >= 15 is 0 Å². The summed E-state index contributed by atoms with van der Waals surface area (Å²) in [7, 11) is 1.73. The van der Waals surface area contributed by atoms with Crippen molar-refractivity contribution in [2.75, 3.05) is 26.0 Å². The Balaban J connectivity index is 2.14. The fraction of sp³-hybridized carbons (Fsp3) is 0.600. The summed E-state index contributed by atoms with van der Waals surface area (Å²) < 4.78 is 7.46. The Hall–Kier alpha value is -1.27. The molecule has 1 N–H and O–H groups in total. The summed E-state index contributed by atoms with van der Waals surface area (Å²) in [6.07, 6.45) is 1.06. The zero-order chi connectivity index (χ0) is 15.2. The van der Waals surface area contributed by atoms with E-state index in [1.54, 1.807) is 18.9 Å². The Morgan fingerprint density at radius 2 is 2.29 bits per heavy atom. The Bertz CT molecular complexity index is 548. The molecule has 1 aliphatic rings. The minimum absolute atomic E-state index is 0.725. The molecule has 0 aromatic carbocycles. The van der Waals surface area contributed by atoms with Gasteiger partial charge < -0.3 is 9.30 Å². The number of ether oxygens (including phenoxy) is 1. The highest BCUT2D eigenvalue weighted by atomic mass is 32.2. The highest BCUT2D eigenvalue weighted by molar-refractivity contribution is 8.14. The summed E-state index contributed by atoms with van der Waals surface area (Å²) >= 11 is 1.72. The molecule has 2 rings (SSSR count). The van der Waals surface area contributed by atoms with E-state index in [9.17, 15) is 0 Å². The third-order valence-corrected chi connectivity index (χ3v) is 4.43. The van der Waals surface area contributed by atoms with Crippen LogP contribution < -0.4 is 5.43 Å². The van der Waals surface area contributed by atoms with Crippen molar-refractivity contribution in [1.82, 2.24) is 9.99 Å². The maximum absolute atomic E-state index is 5.18. The largest absolute Gasteiger partial charge is 0.383 e. The van der Waals surface area contributed by atoms with Gasteiger partial charge in [0.2, 0.25) is 0 Å². The van der Waals surface area contributed by atoms with Gasteiger partial charge in [-0.3, -0.25) is 10.4 Å². The van der Waals surface area contributed by atoms with Crippen molar-refractivity contribution in [3.63, 3.8) is 0 Å². The van der Waals surface area contributed by atoms with Crippen molar-refractivity contribution in [2.24, 2.45) is 10.1 Å². The van der Waals surface area contributed by atoms with Gasteiger partial charge in [-0.2, -0.15) is 5.10 Å². The molecule has 1 aliphatic heterocycles. The van der Waals surface area contributed by atoms with E-state index in [0.717, 1.165) is 42.7 Å². The lowest BCUT2D eigenvalue weighted by Crippen LogP contribution is -2.26. The molecule has 0 bridgehead atoms. The lowest BCUT2D eigenvalue weighted by molar-refractivity contribution is 0.186. The molecule has 116 valence electrons. The van der Waals surface area contributed by atoms with Crippen LogP contribution >= 0.6 is 11.8 Å². The molecule has 0 atom stereocenters. The molecule has 0 saturated carbocycles. The van der Waals surface area contributed by atoms with E-state index in [1.165, 1.54) is 17.0 Å². The molecule has 1 aromatic heterocycles. The molecule has 0 amide bonds. The summed E-state index contributed by atoms with van der Waals surface area (Å²) in [4.78, 5) is 4.46. The van der Waals surface area contributed by atoms with Crippen LogP contribution in [0.5, 0.6) is 0 Å². The molecule has 0 radical (unpaired) electrons. The number of nitrogens with zero attached hydrogens (tertiary/aromatic N) is 3. The number of hydrogen-bond donors (Lipinski definition) is 1. The highest BCUT2D eigenvalue weighted by Crippen LogP contribution is 2.20. The van der Waals surface area contributed by atoms with Crippen molar-refractivity contribution in [2.45, 2.75) is 33.7 Å². The van der Waals surface area contributed by atoms with E-state index in [-0.39, 0.29) is 0 Å². The second kappa shape index (κ2) is 7.66. The average Bonchev–Trinajstić information content (AvgIpc) is 2.78. The first-order valence-corrected chi connectivity index (χ1v) is 8.31. The number of hydrogen-bond acceptors (Lipinski definition) is 4. The maximum atomic E-state index is 5.18. The second-order valence-corrected chi connectivity index (χ2v) is 6.04. The van der Waals surface area contributed by atoms with Crippen LogP contribution in [0.3, 0.4) is 0 Å². The number of thioether (sulfide) groups is 1. The van der Waals surface area contributed by atoms with E-state index in [0.29, 0.717) is 0 Å². The van der Waals surface area contributed by atoms with Crippen LogP contribution in [0.1, 0.15) is 30.3 Å².